The van der Waals surface area contributed by atoms with Gasteiger partial charge in [0, 0.05) is 11.4 Å². The van der Waals surface area contributed by atoms with Gasteiger partial charge in [-0.15, -0.1) is 11.3 Å². The fraction of sp³-hybridized carbons (Fsp3) is 0.214. The standard InChI is InChI=1S/C14H15NO4S2/c1-9-4-3-5-11(6-9)10(2)15-21(18,19)12-7-13(14(16)17)20-8-12/h3-8,10,15H,1-2H3,(H,16,17)/t10-/m0/s1. The highest BCUT2D eigenvalue weighted by molar-refractivity contribution is 7.89. The molecule has 21 heavy (non-hydrogen) atoms. The average molecular weight is 325 g/mol. The molecule has 0 bridgehead atoms. The van der Waals surface area contributed by atoms with E-state index in [4.69, 9.17) is 5.11 Å². The number of hydrogen-bond acceptors (Lipinski definition) is 4. The lowest BCUT2D eigenvalue weighted by atomic mass is 10.1. The smallest absolute Gasteiger partial charge is 0.345 e. The second-order valence-electron chi connectivity index (χ2n) is 4.71. The van der Waals surface area contributed by atoms with Crippen LogP contribution in [0.15, 0.2) is 40.6 Å². The molecule has 1 aromatic carbocycles. The molecule has 0 amide bonds. The number of carbonyl (C=O) groups is 1. The second kappa shape index (κ2) is 5.97. The summed E-state index contributed by atoms with van der Waals surface area (Å²) in [6.07, 6.45) is 0. The highest BCUT2D eigenvalue weighted by Crippen LogP contribution is 2.22. The highest BCUT2D eigenvalue weighted by atomic mass is 32.2. The molecule has 2 rings (SSSR count). The Morgan fingerprint density at radius 3 is 2.62 bits per heavy atom. The van der Waals surface area contributed by atoms with Crippen LogP contribution in [0.1, 0.15) is 33.8 Å². The van der Waals surface area contributed by atoms with Crippen LogP contribution < -0.4 is 4.72 Å². The van der Waals surface area contributed by atoms with Crippen molar-refractivity contribution in [1.29, 1.82) is 0 Å². The Morgan fingerprint density at radius 1 is 1.33 bits per heavy atom. The summed E-state index contributed by atoms with van der Waals surface area (Å²) in [6.45, 7) is 3.68. The van der Waals surface area contributed by atoms with Crippen molar-refractivity contribution < 1.29 is 18.3 Å². The summed E-state index contributed by atoms with van der Waals surface area (Å²) in [7, 11) is -3.74. The van der Waals surface area contributed by atoms with Crippen molar-refractivity contribution in [2.24, 2.45) is 0 Å². The predicted molar refractivity (Wildman–Crippen MR) is 81.2 cm³/mol. The van der Waals surface area contributed by atoms with Gasteiger partial charge in [-0.2, -0.15) is 0 Å². The van der Waals surface area contributed by atoms with Crippen LogP contribution in [-0.4, -0.2) is 19.5 Å². The highest BCUT2D eigenvalue weighted by Gasteiger charge is 2.21. The van der Waals surface area contributed by atoms with Gasteiger partial charge in [-0.1, -0.05) is 29.8 Å². The molecule has 2 N–H and O–H groups in total. The molecule has 7 heteroatoms. The molecular formula is C14H15NO4S2. The number of thiophene rings is 1. The van der Waals surface area contributed by atoms with Gasteiger partial charge in [0.25, 0.3) is 0 Å². The van der Waals surface area contributed by atoms with Crippen molar-refractivity contribution in [3.8, 4) is 0 Å². The lowest BCUT2D eigenvalue weighted by Gasteiger charge is -2.14. The lowest BCUT2D eigenvalue weighted by molar-refractivity contribution is 0.0702. The molecule has 0 radical (unpaired) electrons. The van der Waals surface area contributed by atoms with Crippen molar-refractivity contribution in [3.63, 3.8) is 0 Å². The number of rotatable bonds is 5. The van der Waals surface area contributed by atoms with E-state index < -0.39 is 22.0 Å². The van der Waals surface area contributed by atoms with Crippen LogP contribution in [0.3, 0.4) is 0 Å². The number of aryl methyl sites for hydroxylation is 1. The van der Waals surface area contributed by atoms with Crippen molar-refractivity contribution in [1.82, 2.24) is 4.72 Å². The summed E-state index contributed by atoms with van der Waals surface area (Å²) in [4.78, 5) is 10.8. The Bertz CT molecular complexity index is 765. The minimum absolute atomic E-state index is 0.00131. The Morgan fingerprint density at radius 2 is 2.05 bits per heavy atom. The number of carboxylic acid groups (broad SMARTS) is 1. The molecule has 1 aromatic heterocycles. The summed E-state index contributed by atoms with van der Waals surface area (Å²) in [5, 5.41) is 10.2. The fourth-order valence-electron chi connectivity index (χ4n) is 1.88. The van der Waals surface area contributed by atoms with E-state index in [1.807, 2.05) is 31.2 Å². The number of carboxylic acids is 1. The quantitative estimate of drug-likeness (QED) is 0.885. The number of aromatic carboxylic acids is 1. The van der Waals surface area contributed by atoms with Crippen LogP contribution >= 0.6 is 11.3 Å². The molecule has 0 aliphatic rings. The van der Waals surface area contributed by atoms with Gasteiger partial charge in [0.05, 0.1) is 4.90 Å². The Balaban J connectivity index is 2.22. The largest absolute Gasteiger partial charge is 0.477 e. The molecule has 0 fully saturated rings. The van der Waals surface area contributed by atoms with Crippen molar-refractivity contribution in [3.05, 3.63) is 51.7 Å². The second-order valence-corrected chi connectivity index (χ2v) is 7.33. The zero-order valence-electron chi connectivity index (χ0n) is 11.5. The molecule has 0 saturated carbocycles. The molecule has 0 aliphatic heterocycles. The van der Waals surface area contributed by atoms with E-state index in [2.05, 4.69) is 4.72 Å². The topological polar surface area (TPSA) is 83.5 Å². The van der Waals surface area contributed by atoms with E-state index in [9.17, 15) is 13.2 Å². The van der Waals surface area contributed by atoms with Crippen molar-refractivity contribution >= 4 is 27.3 Å². The average Bonchev–Trinajstić information content (AvgIpc) is 2.88. The van der Waals surface area contributed by atoms with Crippen LogP contribution in [-0.2, 0) is 10.0 Å². The lowest BCUT2D eigenvalue weighted by Crippen LogP contribution is -2.26. The van der Waals surface area contributed by atoms with Crippen LogP contribution in [0.4, 0.5) is 0 Å². The van der Waals surface area contributed by atoms with Crippen molar-refractivity contribution in [2.45, 2.75) is 24.8 Å². The summed E-state index contributed by atoms with van der Waals surface area (Å²) < 4.78 is 27.0. The molecular weight excluding hydrogens is 310 g/mol. The SMILES string of the molecule is Cc1cccc([C@H](C)NS(=O)(=O)c2csc(C(=O)O)c2)c1. The third-order valence-corrected chi connectivity index (χ3v) is 5.56. The van der Waals surface area contributed by atoms with Crippen molar-refractivity contribution in [2.75, 3.05) is 0 Å². The van der Waals surface area contributed by atoms with Crippen LogP contribution in [0.25, 0.3) is 0 Å². The molecule has 0 saturated heterocycles. The molecule has 2 aromatic rings. The van der Waals surface area contributed by atoms with Gasteiger partial charge in [0.15, 0.2) is 0 Å². The van der Waals surface area contributed by atoms with Crippen LogP contribution in [0.5, 0.6) is 0 Å². The molecule has 0 unspecified atom stereocenters. The van der Waals surface area contributed by atoms with Crippen LogP contribution in [0.2, 0.25) is 0 Å². The van der Waals surface area contributed by atoms with Gasteiger partial charge < -0.3 is 5.11 Å². The maximum Gasteiger partial charge on any atom is 0.345 e. The van der Waals surface area contributed by atoms with E-state index in [1.165, 1.54) is 5.38 Å². The van der Waals surface area contributed by atoms with E-state index >= 15 is 0 Å². The summed E-state index contributed by atoms with van der Waals surface area (Å²) >= 11 is 0.891. The monoisotopic (exact) mass is 325 g/mol. The number of benzene rings is 1. The Kier molecular flexibility index (Phi) is 4.46. The first-order chi connectivity index (χ1) is 9.79. The number of nitrogens with one attached hydrogen (secondary N) is 1. The van der Waals surface area contributed by atoms with Gasteiger partial charge in [0.1, 0.15) is 4.88 Å². The zero-order valence-corrected chi connectivity index (χ0v) is 13.2. The van der Waals surface area contributed by atoms with Gasteiger partial charge >= 0.3 is 5.97 Å². The van der Waals surface area contributed by atoms with E-state index in [0.717, 1.165) is 28.5 Å². The fourth-order valence-corrected chi connectivity index (χ4v) is 4.22. The summed E-state index contributed by atoms with van der Waals surface area (Å²) in [6, 6.07) is 8.31. The van der Waals surface area contributed by atoms with Gasteiger partial charge in [-0.05, 0) is 25.5 Å². The molecule has 0 aliphatic carbocycles. The Hall–Kier alpha value is -1.70. The van der Waals surface area contributed by atoms with Gasteiger partial charge in [-0.3, -0.25) is 0 Å². The minimum Gasteiger partial charge on any atom is -0.477 e. The van der Waals surface area contributed by atoms with E-state index in [1.54, 1.807) is 6.92 Å². The normalized spacial score (nSPS) is 13.0. The number of sulfonamides is 1. The summed E-state index contributed by atoms with van der Waals surface area (Å²) in [5.74, 6) is -1.13. The number of hydrogen-bond donors (Lipinski definition) is 2. The molecule has 112 valence electrons. The third kappa shape index (κ3) is 3.69. The first kappa shape index (κ1) is 15.7. The maximum absolute atomic E-state index is 12.2. The third-order valence-electron chi connectivity index (χ3n) is 2.97. The predicted octanol–water partition coefficient (Wildman–Crippen LogP) is 2.79. The molecule has 0 spiro atoms. The van der Waals surface area contributed by atoms with E-state index in [0.29, 0.717) is 0 Å². The van der Waals surface area contributed by atoms with Gasteiger partial charge in [-0.25, -0.2) is 17.9 Å². The Labute approximate surface area is 127 Å². The van der Waals surface area contributed by atoms with Gasteiger partial charge in [0.2, 0.25) is 10.0 Å². The first-order valence-corrected chi connectivity index (χ1v) is 8.56. The van der Waals surface area contributed by atoms with Crippen LogP contribution in [0, 0.1) is 6.92 Å². The molecule has 1 atom stereocenters. The molecule has 1 heterocycles. The minimum atomic E-state index is -3.74. The molecule has 5 nitrogen and oxygen atoms in total. The first-order valence-electron chi connectivity index (χ1n) is 6.20. The summed E-state index contributed by atoms with van der Waals surface area (Å²) in [5.41, 5.74) is 1.90. The maximum atomic E-state index is 12.2. The zero-order chi connectivity index (χ0) is 15.6. The van der Waals surface area contributed by atoms with E-state index in [-0.39, 0.29) is 9.77 Å².